The predicted molar refractivity (Wildman–Crippen MR) is 73.6 cm³/mol. The number of nitrogens with two attached hydrogens (primary N) is 1. The van der Waals surface area contributed by atoms with Crippen molar-refractivity contribution < 1.29 is 14.7 Å². The fourth-order valence-electron chi connectivity index (χ4n) is 2.17. The molecule has 1 saturated heterocycles. The Balaban J connectivity index is 2.17. The standard InChI is InChI=1S/C12H14BrN3O3/c13-8-3-1-4-9(7-8)16(14)11(17)10-5-2-6-15(10)12(18)19/h1,3-4,7,10H,2,5-6,14H2,(H,18,19). The van der Waals surface area contributed by atoms with Crippen molar-refractivity contribution in [2.45, 2.75) is 18.9 Å². The second-order valence-corrected chi connectivity index (χ2v) is 5.24. The van der Waals surface area contributed by atoms with E-state index >= 15 is 0 Å². The molecule has 1 fully saturated rings. The zero-order valence-corrected chi connectivity index (χ0v) is 11.7. The minimum absolute atomic E-state index is 0.373. The van der Waals surface area contributed by atoms with E-state index in [1.54, 1.807) is 18.2 Å². The van der Waals surface area contributed by atoms with E-state index < -0.39 is 18.0 Å². The Morgan fingerprint density at radius 2 is 2.21 bits per heavy atom. The van der Waals surface area contributed by atoms with Gasteiger partial charge in [-0.2, -0.15) is 0 Å². The Bertz CT molecular complexity index is 509. The molecule has 0 radical (unpaired) electrons. The average molecular weight is 328 g/mol. The van der Waals surface area contributed by atoms with Crippen LogP contribution in [0.2, 0.25) is 0 Å². The third-order valence-corrected chi connectivity index (χ3v) is 3.60. The number of halogens is 1. The Labute approximate surface area is 118 Å². The van der Waals surface area contributed by atoms with Crippen LogP contribution in [-0.2, 0) is 4.79 Å². The van der Waals surface area contributed by atoms with Crippen LogP contribution in [0.5, 0.6) is 0 Å². The summed E-state index contributed by atoms with van der Waals surface area (Å²) in [7, 11) is 0. The summed E-state index contributed by atoms with van der Waals surface area (Å²) in [4.78, 5) is 24.4. The van der Waals surface area contributed by atoms with Crippen LogP contribution in [-0.4, -0.2) is 34.6 Å². The number of hydrogen-bond donors (Lipinski definition) is 2. The second-order valence-electron chi connectivity index (χ2n) is 4.32. The molecule has 6 nitrogen and oxygen atoms in total. The Hall–Kier alpha value is -1.60. The summed E-state index contributed by atoms with van der Waals surface area (Å²) in [5, 5.41) is 10.0. The van der Waals surface area contributed by atoms with Gasteiger partial charge in [-0.15, -0.1) is 0 Å². The monoisotopic (exact) mass is 327 g/mol. The third kappa shape index (κ3) is 2.87. The van der Waals surface area contributed by atoms with Gasteiger partial charge < -0.3 is 5.11 Å². The highest BCUT2D eigenvalue weighted by Gasteiger charge is 2.36. The molecule has 7 heteroatoms. The molecule has 0 bridgehead atoms. The molecule has 1 aliphatic heterocycles. The first-order valence-corrected chi connectivity index (χ1v) is 6.64. The van der Waals surface area contributed by atoms with Gasteiger partial charge in [-0.3, -0.25) is 9.69 Å². The number of anilines is 1. The molecule has 1 aromatic carbocycles. The molecule has 0 aliphatic carbocycles. The van der Waals surface area contributed by atoms with Gasteiger partial charge in [-0.05, 0) is 31.0 Å². The minimum Gasteiger partial charge on any atom is -0.465 e. The quantitative estimate of drug-likeness (QED) is 0.492. The summed E-state index contributed by atoms with van der Waals surface area (Å²) in [5.74, 6) is 5.39. The molecule has 102 valence electrons. The Morgan fingerprint density at radius 1 is 1.47 bits per heavy atom. The van der Waals surface area contributed by atoms with Crippen molar-refractivity contribution in [2.75, 3.05) is 11.6 Å². The van der Waals surface area contributed by atoms with Crippen molar-refractivity contribution >= 4 is 33.6 Å². The lowest BCUT2D eigenvalue weighted by molar-refractivity contribution is -0.122. The van der Waals surface area contributed by atoms with Crippen LogP contribution in [0.15, 0.2) is 28.7 Å². The highest BCUT2D eigenvalue weighted by molar-refractivity contribution is 9.10. The van der Waals surface area contributed by atoms with Crippen LogP contribution in [0.25, 0.3) is 0 Å². The lowest BCUT2D eigenvalue weighted by atomic mass is 10.2. The van der Waals surface area contributed by atoms with Gasteiger partial charge in [0.25, 0.3) is 5.91 Å². The maximum atomic E-state index is 12.3. The van der Waals surface area contributed by atoms with E-state index in [-0.39, 0.29) is 0 Å². The molecular weight excluding hydrogens is 314 g/mol. The SMILES string of the molecule is NN(C(=O)C1CCCN1C(=O)O)c1cccc(Br)c1. The highest BCUT2D eigenvalue weighted by Crippen LogP contribution is 2.23. The number of rotatable bonds is 2. The van der Waals surface area contributed by atoms with Crippen LogP contribution in [0.3, 0.4) is 0 Å². The first-order valence-electron chi connectivity index (χ1n) is 5.84. The summed E-state index contributed by atoms with van der Waals surface area (Å²) in [6, 6.07) is 6.29. The number of hydrazine groups is 1. The maximum Gasteiger partial charge on any atom is 0.407 e. The van der Waals surface area contributed by atoms with Crippen molar-refractivity contribution in [3.63, 3.8) is 0 Å². The molecule has 2 amide bonds. The number of nitrogens with zero attached hydrogens (tertiary/aromatic N) is 2. The van der Waals surface area contributed by atoms with Gasteiger partial charge >= 0.3 is 6.09 Å². The summed E-state index contributed by atoms with van der Waals surface area (Å²) in [5.41, 5.74) is 0.525. The van der Waals surface area contributed by atoms with Crippen molar-refractivity contribution in [1.29, 1.82) is 0 Å². The second kappa shape index (κ2) is 5.58. The van der Waals surface area contributed by atoms with Gasteiger partial charge in [0.2, 0.25) is 0 Å². The van der Waals surface area contributed by atoms with Crippen LogP contribution in [0, 0.1) is 0 Å². The summed E-state index contributed by atoms with van der Waals surface area (Å²) < 4.78 is 0.801. The predicted octanol–water partition coefficient (Wildman–Crippen LogP) is 1.80. The lowest BCUT2D eigenvalue weighted by Crippen LogP contribution is -2.50. The van der Waals surface area contributed by atoms with Gasteiger partial charge in [0.05, 0.1) is 5.69 Å². The van der Waals surface area contributed by atoms with Crippen molar-refractivity contribution in [2.24, 2.45) is 5.84 Å². The molecule has 1 aliphatic rings. The number of carboxylic acid groups (broad SMARTS) is 1. The van der Waals surface area contributed by atoms with Gasteiger partial charge in [0, 0.05) is 11.0 Å². The lowest BCUT2D eigenvalue weighted by Gasteiger charge is -2.25. The largest absolute Gasteiger partial charge is 0.465 e. The first kappa shape index (κ1) is 13.8. The first-order chi connectivity index (χ1) is 9.00. The minimum atomic E-state index is -1.08. The van der Waals surface area contributed by atoms with Crippen LogP contribution >= 0.6 is 15.9 Å². The molecular formula is C12H14BrN3O3. The van der Waals surface area contributed by atoms with E-state index in [0.29, 0.717) is 25.1 Å². The Kier molecular flexibility index (Phi) is 4.06. The van der Waals surface area contributed by atoms with Crippen molar-refractivity contribution in [3.05, 3.63) is 28.7 Å². The molecule has 0 saturated carbocycles. The van der Waals surface area contributed by atoms with Gasteiger partial charge in [-0.1, -0.05) is 22.0 Å². The van der Waals surface area contributed by atoms with Gasteiger partial charge in [0.15, 0.2) is 0 Å². The maximum absolute atomic E-state index is 12.3. The van der Waals surface area contributed by atoms with E-state index in [0.717, 1.165) is 14.4 Å². The van der Waals surface area contributed by atoms with Crippen molar-refractivity contribution in [3.8, 4) is 0 Å². The molecule has 0 spiro atoms. The fraction of sp³-hybridized carbons (Fsp3) is 0.333. The van der Waals surface area contributed by atoms with Gasteiger partial charge in [0.1, 0.15) is 6.04 Å². The van der Waals surface area contributed by atoms with E-state index in [9.17, 15) is 9.59 Å². The smallest absolute Gasteiger partial charge is 0.407 e. The third-order valence-electron chi connectivity index (χ3n) is 3.11. The van der Waals surface area contributed by atoms with E-state index in [1.807, 2.05) is 6.07 Å². The fourth-order valence-corrected chi connectivity index (χ4v) is 2.55. The van der Waals surface area contributed by atoms with Crippen LogP contribution in [0.1, 0.15) is 12.8 Å². The number of likely N-dealkylation sites (tertiary alicyclic amines) is 1. The summed E-state index contributed by atoms with van der Waals surface area (Å²) in [6.45, 7) is 0.373. The zero-order chi connectivity index (χ0) is 14.0. The molecule has 2 rings (SSSR count). The van der Waals surface area contributed by atoms with Crippen LogP contribution < -0.4 is 10.9 Å². The molecule has 19 heavy (non-hydrogen) atoms. The highest BCUT2D eigenvalue weighted by atomic mass is 79.9. The summed E-state index contributed by atoms with van der Waals surface area (Å²) in [6.07, 6.45) is 0.0977. The van der Waals surface area contributed by atoms with E-state index in [2.05, 4.69) is 15.9 Å². The van der Waals surface area contributed by atoms with E-state index in [4.69, 9.17) is 10.9 Å². The number of hydrogen-bond acceptors (Lipinski definition) is 3. The molecule has 1 atom stereocenters. The average Bonchev–Trinajstić information content (AvgIpc) is 2.86. The topological polar surface area (TPSA) is 86.9 Å². The number of carbonyl (C=O) groups excluding carboxylic acids is 1. The number of carbonyl (C=O) groups is 2. The van der Waals surface area contributed by atoms with Crippen LogP contribution in [0.4, 0.5) is 10.5 Å². The zero-order valence-electron chi connectivity index (χ0n) is 10.1. The number of amides is 2. The molecule has 1 heterocycles. The molecule has 0 aromatic heterocycles. The number of benzene rings is 1. The summed E-state index contributed by atoms with van der Waals surface area (Å²) >= 11 is 3.30. The normalized spacial score (nSPS) is 18.4. The Morgan fingerprint density at radius 3 is 2.84 bits per heavy atom. The molecule has 1 aromatic rings. The molecule has 3 N–H and O–H groups in total. The van der Waals surface area contributed by atoms with E-state index in [1.165, 1.54) is 0 Å². The van der Waals surface area contributed by atoms with Crippen molar-refractivity contribution in [1.82, 2.24) is 4.90 Å². The molecule has 1 unspecified atom stereocenters. The van der Waals surface area contributed by atoms with Gasteiger partial charge in [-0.25, -0.2) is 15.6 Å².